The molecule has 244 valence electrons. The first-order valence-electron chi connectivity index (χ1n) is 15.1. The van der Waals surface area contributed by atoms with Crippen LogP contribution in [0.3, 0.4) is 0 Å². The molecule has 1 saturated carbocycles. The Morgan fingerprint density at radius 3 is 2.34 bits per heavy atom. The molecule has 0 bridgehead atoms. The zero-order valence-electron chi connectivity index (χ0n) is 25.3. The lowest BCUT2D eigenvalue weighted by Gasteiger charge is -2.38. The van der Waals surface area contributed by atoms with Crippen LogP contribution in [0.1, 0.15) is 64.4 Å². The molecule has 1 aliphatic carbocycles. The molecule has 10 N–H and O–H groups in total. The largest absolute Gasteiger partial charge is 0.508 e. The number of carbonyl (C=O) groups is 4. The first-order chi connectivity index (χ1) is 20.8. The van der Waals surface area contributed by atoms with Gasteiger partial charge in [-0.25, -0.2) is 4.79 Å². The standard InChI is InChI=1S/C30H46N6O8/c1-16(2)12-22(35-27(41)25(39)13-17-5-8-19(37)9-6-17)28(42)36-23-15-20(38)10-7-18(23)14-24(36)26(40)34-21(29(43)44)4-3-11-33-30(31)32/h5-6,8-9,16,18,20-25,37-39H,3-4,7,10-15H2,1-2H3,(H,34,40)(H,35,41)(H,43,44)(H4,31,32,33)/t18-,20+,21-,22+,23-,24-,25-/m0/s1. The van der Waals surface area contributed by atoms with E-state index in [-0.39, 0.29) is 55.8 Å². The third-order valence-electron chi connectivity index (χ3n) is 8.25. The molecule has 1 aliphatic heterocycles. The summed E-state index contributed by atoms with van der Waals surface area (Å²) in [6.45, 7) is 3.94. The molecule has 3 rings (SSSR count). The fourth-order valence-corrected chi connectivity index (χ4v) is 6.10. The number of amides is 3. The Balaban J connectivity index is 1.80. The Bertz CT molecular complexity index is 1190. The third-order valence-corrected chi connectivity index (χ3v) is 8.25. The number of aliphatic hydroxyl groups is 2. The third kappa shape index (κ3) is 9.55. The molecule has 2 fully saturated rings. The Hall–Kier alpha value is -3.91. The quantitative estimate of drug-likeness (QED) is 0.0760. The van der Waals surface area contributed by atoms with Gasteiger partial charge in [0.1, 0.15) is 30.0 Å². The number of aromatic hydroxyl groups is 1. The first-order valence-corrected chi connectivity index (χ1v) is 15.1. The van der Waals surface area contributed by atoms with E-state index in [0.717, 1.165) is 0 Å². The predicted octanol–water partition coefficient (Wildman–Crippen LogP) is -0.420. The number of aliphatic carboxylic acids is 1. The molecule has 1 aromatic carbocycles. The van der Waals surface area contributed by atoms with E-state index in [1.807, 2.05) is 13.8 Å². The lowest BCUT2D eigenvalue weighted by Crippen LogP contribution is -2.59. The number of guanidine groups is 1. The SMILES string of the molecule is CC(C)C[C@@H](NC(=O)[C@@H](O)Cc1ccc(O)cc1)C(=O)N1[C@H](C(=O)N[C@@H](CCCN=C(N)N)C(=O)O)C[C@@H]2CC[C@@H](O)C[C@@H]21. The summed E-state index contributed by atoms with van der Waals surface area (Å²) in [7, 11) is 0. The van der Waals surface area contributed by atoms with Crippen LogP contribution in [0.25, 0.3) is 0 Å². The van der Waals surface area contributed by atoms with Crippen LogP contribution in [0.4, 0.5) is 0 Å². The molecule has 0 aromatic heterocycles. The molecule has 14 heteroatoms. The van der Waals surface area contributed by atoms with Crippen LogP contribution < -0.4 is 22.1 Å². The predicted molar refractivity (Wildman–Crippen MR) is 161 cm³/mol. The van der Waals surface area contributed by atoms with Gasteiger partial charge in [-0.05, 0) is 74.5 Å². The van der Waals surface area contributed by atoms with E-state index in [1.165, 1.54) is 17.0 Å². The zero-order chi connectivity index (χ0) is 32.6. The molecule has 0 radical (unpaired) electrons. The van der Waals surface area contributed by atoms with Gasteiger partial charge in [0.25, 0.3) is 0 Å². The van der Waals surface area contributed by atoms with Gasteiger partial charge >= 0.3 is 5.97 Å². The number of fused-ring (bicyclic) bond motifs is 1. The molecule has 0 unspecified atom stereocenters. The van der Waals surface area contributed by atoms with Gasteiger partial charge in [-0.1, -0.05) is 26.0 Å². The lowest BCUT2D eigenvalue weighted by molar-refractivity contribution is -0.147. The molecule has 44 heavy (non-hydrogen) atoms. The number of rotatable bonds is 14. The van der Waals surface area contributed by atoms with Gasteiger partial charge in [-0.15, -0.1) is 0 Å². The topological polar surface area (TPSA) is 241 Å². The lowest BCUT2D eigenvalue weighted by atomic mass is 9.83. The molecule has 7 atom stereocenters. The summed E-state index contributed by atoms with van der Waals surface area (Å²) in [5.74, 6) is -3.35. The smallest absolute Gasteiger partial charge is 0.326 e. The minimum absolute atomic E-state index is 0.0391. The number of carbonyl (C=O) groups excluding carboxylic acids is 3. The minimum atomic E-state index is -1.47. The number of hydrogen-bond donors (Lipinski definition) is 8. The van der Waals surface area contributed by atoms with Crippen molar-refractivity contribution in [2.75, 3.05) is 6.54 Å². The number of carboxylic acids is 1. The van der Waals surface area contributed by atoms with Crippen LogP contribution in [0.2, 0.25) is 0 Å². The van der Waals surface area contributed by atoms with E-state index in [4.69, 9.17) is 11.5 Å². The molecule has 14 nitrogen and oxygen atoms in total. The van der Waals surface area contributed by atoms with Crippen molar-refractivity contribution < 1.29 is 39.6 Å². The van der Waals surface area contributed by atoms with Crippen LogP contribution in [0.15, 0.2) is 29.3 Å². The van der Waals surface area contributed by atoms with E-state index in [9.17, 15) is 39.6 Å². The van der Waals surface area contributed by atoms with Crippen LogP contribution >= 0.6 is 0 Å². The number of nitrogens with zero attached hydrogens (tertiary/aromatic N) is 2. The van der Waals surface area contributed by atoms with Crippen molar-refractivity contribution >= 4 is 29.7 Å². The average molecular weight is 619 g/mol. The number of carboxylic acid groups (broad SMARTS) is 1. The Morgan fingerprint density at radius 2 is 1.73 bits per heavy atom. The second kappa shape index (κ2) is 15.7. The number of phenols is 1. The summed E-state index contributed by atoms with van der Waals surface area (Å²) in [5, 5.41) is 45.6. The maximum Gasteiger partial charge on any atom is 0.326 e. The Kier molecular flexibility index (Phi) is 12.3. The van der Waals surface area contributed by atoms with Crippen molar-refractivity contribution in [3.05, 3.63) is 29.8 Å². The highest BCUT2D eigenvalue weighted by atomic mass is 16.4. The normalized spacial score (nSPS) is 23.2. The number of hydrogen-bond acceptors (Lipinski definition) is 8. The fourth-order valence-electron chi connectivity index (χ4n) is 6.10. The van der Waals surface area contributed by atoms with Crippen molar-refractivity contribution in [1.82, 2.24) is 15.5 Å². The van der Waals surface area contributed by atoms with Gasteiger partial charge < -0.3 is 47.4 Å². The maximum atomic E-state index is 14.2. The molecular weight excluding hydrogens is 572 g/mol. The number of nitrogens with one attached hydrogen (secondary N) is 2. The van der Waals surface area contributed by atoms with Gasteiger partial charge in [0, 0.05) is 19.0 Å². The summed E-state index contributed by atoms with van der Waals surface area (Å²) in [5.41, 5.74) is 11.3. The minimum Gasteiger partial charge on any atom is -0.508 e. The Labute approximate surface area is 256 Å². The number of aliphatic imine (C=N–C) groups is 1. The van der Waals surface area contributed by atoms with Crippen molar-refractivity contribution in [2.45, 2.75) is 102 Å². The Morgan fingerprint density at radius 1 is 1.05 bits per heavy atom. The highest BCUT2D eigenvalue weighted by Crippen LogP contribution is 2.40. The van der Waals surface area contributed by atoms with Crippen LogP contribution in [-0.2, 0) is 25.6 Å². The van der Waals surface area contributed by atoms with Crippen molar-refractivity contribution in [2.24, 2.45) is 28.3 Å². The molecule has 0 spiro atoms. The molecule has 2 aliphatic rings. The van der Waals surface area contributed by atoms with Crippen LogP contribution in [0.5, 0.6) is 5.75 Å². The van der Waals surface area contributed by atoms with E-state index >= 15 is 0 Å². The van der Waals surface area contributed by atoms with Gasteiger partial charge in [-0.2, -0.15) is 0 Å². The van der Waals surface area contributed by atoms with Crippen molar-refractivity contribution in [3.63, 3.8) is 0 Å². The van der Waals surface area contributed by atoms with Gasteiger partial charge in [0.2, 0.25) is 17.7 Å². The summed E-state index contributed by atoms with van der Waals surface area (Å²) in [6.07, 6.45) is 0.0739. The number of likely N-dealkylation sites (tertiary alicyclic amines) is 1. The van der Waals surface area contributed by atoms with E-state index in [2.05, 4.69) is 15.6 Å². The van der Waals surface area contributed by atoms with Gasteiger partial charge in [-0.3, -0.25) is 19.4 Å². The van der Waals surface area contributed by atoms with Crippen molar-refractivity contribution in [1.29, 1.82) is 0 Å². The monoisotopic (exact) mass is 618 g/mol. The molecule has 1 aromatic rings. The second-order valence-corrected chi connectivity index (χ2v) is 12.2. The van der Waals surface area contributed by atoms with E-state index < -0.39 is 60.1 Å². The van der Waals surface area contributed by atoms with Gasteiger partial charge in [0.15, 0.2) is 5.96 Å². The average Bonchev–Trinajstić information content (AvgIpc) is 3.33. The number of aliphatic hydroxyl groups excluding tert-OH is 2. The second-order valence-electron chi connectivity index (χ2n) is 12.2. The number of phenolic OH excluding ortho intramolecular Hbond substituents is 1. The summed E-state index contributed by atoms with van der Waals surface area (Å²) >= 11 is 0. The summed E-state index contributed by atoms with van der Waals surface area (Å²) in [4.78, 5) is 58.1. The maximum absolute atomic E-state index is 14.2. The van der Waals surface area contributed by atoms with E-state index in [0.29, 0.717) is 31.2 Å². The molecule has 1 saturated heterocycles. The van der Waals surface area contributed by atoms with Crippen LogP contribution in [-0.4, -0.2) is 97.9 Å². The molecule has 3 amide bonds. The molecular formula is C30H46N6O8. The van der Waals surface area contributed by atoms with E-state index in [1.54, 1.807) is 12.1 Å². The summed E-state index contributed by atoms with van der Waals surface area (Å²) in [6, 6.07) is 2.26. The fraction of sp³-hybridized carbons (Fsp3) is 0.633. The number of nitrogens with two attached hydrogens (primary N) is 2. The highest BCUT2D eigenvalue weighted by molar-refractivity contribution is 5.94. The summed E-state index contributed by atoms with van der Waals surface area (Å²) < 4.78 is 0. The van der Waals surface area contributed by atoms with Crippen LogP contribution in [0, 0.1) is 11.8 Å². The highest BCUT2D eigenvalue weighted by Gasteiger charge is 2.50. The first kappa shape index (κ1) is 34.6. The zero-order valence-corrected chi connectivity index (χ0v) is 25.3. The molecule has 1 heterocycles. The number of benzene rings is 1. The van der Waals surface area contributed by atoms with Crippen molar-refractivity contribution in [3.8, 4) is 5.75 Å². The van der Waals surface area contributed by atoms with Gasteiger partial charge in [0.05, 0.1) is 6.10 Å².